The van der Waals surface area contributed by atoms with Crippen LogP contribution in [0.5, 0.6) is 0 Å². The lowest BCUT2D eigenvalue weighted by Gasteiger charge is -2.36. The van der Waals surface area contributed by atoms with Gasteiger partial charge in [0.25, 0.3) is 5.91 Å². The average Bonchev–Trinajstić information content (AvgIpc) is 2.82. The van der Waals surface area contributed by atoms with E-state index >= 15 is 0 Å². The van der Waals surface area contributed by atoms with Crippen LogP contribution in [-0.4, -0.2) is 48.1 Å². The number of carbonyl (C=O) groups is 2. The number of carboxylic acid groups (broad SMARTS) is 1. The Morgan fingerprint density at radius 2 is 1.70 bits per heavy atom. The molecule has 1 aliphatic heterocycles. The van der Waals surface area contributed by atoms with Gasteiger partial charge in [-0.2, -0.15) is 0 Å². The molecule has 0 aliphatic carbocycles. The van der Waals surface area contributed by atoms with Gasteiger partial charge in [-0.1, -0.05) is 29.8 Å². The van der Waals surface area contributed by atoms with Crippen molar-refractivity contribution in [1.29, 1.82) is 0 Å². The number of carboxylic acids is 1. The van der Waals surface area contributed by atoms with Crippen molar-refractivity contribution in [3.05, 3.63) is 82.5 Å². The predicted octanol–water partition coefficient (Wildman–Crippen LogP) is 4.25. The lowest BCUT2D eigenvalue weighted by molar-refractivity contribution is -0.136. The molecule has 8 heteroatoms. The van der Waals surface area contributed by atoms with Crippen molar-refractivity contribution < 1.29 is 14.7 Å². The monoisotopic (exact) mass is 464 g/mol. The lowest BCUT2D eigenvalue weighted by Crippen LogP contribution is -2.46. The third kappa shape index (κ3) is 5.62. The molecule has 2 N–H and O–H groups in total. The van der Waals surface area contributed by atoms with E-state index in [1.54, 1.807) is 18.3 Å². The Balaban J connectivity index is 1.33. The maximum atomic E-state index is 12.5. The Hall–Kier alpha value is -3.58. The first kappa shape index (κ1) is 22.6. The van der Waals surface area contributed by atoms with Gasteiger partial charge in [-0.15, -0.1) is 0 Å². The number of nitrogens with zero attached hydrogens (tertiary/aromatic N) is 3. The van der Waals surface area contributed by atoms with E-state index in [0.717, 1.165) is 48.8 Å². The molecule has 0 unspecified atom stereocenters. The third-order valence-corrected chi connectivity index (χ3v) is 6.11. The van der Waals surface area contributed by atoms with Crippen LogP contribution in [0.15, 0.2) is 60.8 Å². The SMILES string of the molecule is Cc1ccc(NC(=O)c2ccc(N3CCN(c4ccc(CC(=O)O)cc4)CC3)nc2)cc1Cl. The summed E-state index contributed by atoms with van der Waals surface area (Å²) in [5.41, 5.74) is 3.96. The quantitative estimate of drug-likeness (QED) is 0.567. The molecule has 1 aromatic heterocycles. The smallest absolute Gasteiger partial charge is 0.307 e. The second-order valence-corrected chi connectivity index (χ2v) is 8.44. The molecule has 4 rings (SSSR count). The fourth-order valence-electron chi connectivity index (χ4n) is 3.77. The second kappa shape index (κ2) is 9.92. The molecule has 1 aliphatic rings. The molecular formula is C25H25ClN4O3. The van der Waals surface area contributed by atoms with Crippen LogP contribution < -0.4 is 15.1 Å². The topological polar surface area (TPSA) is 85.8 Å². The van der Waals surface area contributed by atoms with Crippen LogP contribution in [0.3, 0.4) is 0 Å². The van der Waals surface area contributed by atoms with Crippen LogP contribution in [0.4, 0.5) is 17.2 Å². The fraction of sp³-hybridized carbons (Fsp3) is 0.240. The molecule has 170 valence electrons. The summed E-state index contributed by atoms with van der Waals surface area (Å²) in [5.74, 6) is -0.224. The number of hydrogen-bond donors (Lipinski definition) is 2. The van der Waals surface area contributed by atoms with Crippen molar-refractivity contribution in [3.63, 3.8) is 0 Å². The number of aliphatic carboxylic acids is 1. The highest BCUT2D eigenvalue weighted by Gasteiger charge is 2.19. The first-order chi connectivity index (χ1) is 15.9. The van der Waals surface area contributed by atoms with E-state index in [1.165, 1.54) is 0 Å². The highest BCUT2D eigenvalue weighted by atomic mass is 35.5. The summed E-state index contributed by atoms with van der Waals surface area (Å²) in [6.07, 6.45) is 1.63. The van der Waals surface area contributed by atoms with Crippen molar-refractivity contribution >= 4 is 40.7 Å². The van der Waals surface area contributed by atoms with Crippen molar-refractivity contribution in [2.24, 2.45) is 0 Å². The van der Waals surface area contributed by atoms with Gasteiger partial charge in [0.15, 0.2) is 0 Å². The largest absolute Gasteiger partial charge is 0.481 e. The van der Waals surface area contributed by atoms with Gasteiger partial charge in [-0.25, -0.2) is 4.98 Å². The number of anilines is 3. The summed E-state index contributed by atoms with van der Waals surface area (Å²) in [6, 6.07) is 16.7. The molecule has 2 aromatic carbocycles. The van der Waals surface area contributed by atoms with Crippen LogP contribution in [0.2, 0.25) is 5.02 Å². The number of benzene rings is 2. The Morgan fingerprint density at radius 3 is 2.30 bits per heavy atom. The molecule has 0 saturated carbocycles. The summed E-state index contributed by atoms with van der Waals surface area (Å²) in [4.78, 5) is 32.3. The Labute approximate surface area is 197 Å². The van der Waals surface area contributed by atoms with E-state index in [0.29, 0.717) is 16.3 Å². The Morgan fingerprint density at radius 1 is 1.00 bits per heavy atom. The highest BCUT2D eigenvalue weighted by Crippen LogP contribution is 2.22. The molecule has 0 radical (unpaired) electrons. The van der Waals surface area contributed by atoms with Gasteiger partial charge in [0.2, 0.25) is 0 Å². The van der Waals surface area contributed by atoms with E-state index in [2.05, 4.69) is 20.1 Å². The van der Waals surface area contributed by atoms with Gasteiger partial charge in [-0.3, -0.25) is 9.59 Å². The van der Waals surface area contributed by atoms with Gasteiger partial charge in [0, 0.05) is 48.8 Å². The Kier molecular flexibility index (Phi) is 6.79. The van der Waals surface area contributed by atoms with E-state index in [4.69, 9.17) is 16.7 Å². The zero-order valence-corrected chi connectivity index (χ0v) is 19.0. The molecule has 1 amide bonds. The molecule has 2 heterocycles. The molecule has 0 spiro atoms. The maximum absolute atomic E-state index is 12.5. The number of aromatic nitrogens is 1. The van der Waals surface area contributed by atoms with E-state index < -0.39 is 5.97 Å². The first-order valence-electron chi connectivity index (χ1n) is 10.7. The summed E-state index contributed by atoms with van der Waals surface area (Å²) in [5, 5.41) is 12.4. The zero-order valence-electron chi connectivity index (χ0n) is 18.3. The van der Waals surface area contributed by atoms with Crippen LogP contribution in [0.1, 0.15) is 21.5 Å². The number of hydrogen-bond acceptors (Lipinski definition) is 5. The summed E-state index contributed by atoms with van der Waals surface area (Å²) in [6.45, 7) is 5.18. The van der Waals surface area contributed by atoms with Gasteiger partial charge in [0.1, 0.15) is 5.82 Å². The van der Waals surface area contributed by atoms with Crippen molar-refractivity contribution in [1.82, 2.24) is 4.98 Å². The lowest BCUT2D eigenvalue weighted by atomic mass is 10.1. The van der Waals surface area contributed by atoms with Gasteiger partial charge >= 0.3 is 5.97 Å². The summed E-state index contributed by atoms with van der Waals surface area (Å²) < 4.78 is 0. The minimum absolute atomic E-state index is 0.0342. The average molecular weight is 465 g/mol. The molecule has 1 saturated heterocycles. The normalized spacial score (nSPS) is 13.6. The van der Waals surface area contributed by atoms with Crippen LogP contribution in [-0.2, 0) is 11.2 Å². The highest BCUT2D eigenvalue weighted by molar-refractivity contribution is 6.31. The van der Waals surface area contributed by atoms with Crippen molar-refractivity contribution in [2.45, 2.75) is 13.3 Å². The van der Waals surface area contributed by atoms with Crippen LogP contribution in [0.25, 0.3) is 0 Å². The first-order valence-corrected chi connectivity index (χ1v) is 11.1. The second-order valence-electron chi connectivity index (χ2n) is 8.03. The minimum Gasteiger partial charge on any atom is -0.481 e. The van der Waals surface area contributed by atoms with Crippen LogP contribution >= 0.6 is 11.6 Å². The molecule has 7 nitrogen and oxygen atoms in total. The number of nitrogens with one attached hydrogen (secondary N) is 1. The number of aryl methyl sites for hydroxylation is 1. The number of rotatable bonds is 6. The number of halogens is 1. The van der Waals surface area contributed by atoms with Gasteiger partial charge < -0.3 is 20.2 Å². The number of carbonyl (C=O) groups excluding carboxylic acids is 1. The fourth-order valence-corrected chi connectivity index (χ4v) is 3.95. The van der Waals surface area contributed by atoms with E-state index in [-0.39, 0.29) is 12.3 Å². The molecule has 0 atom stereocenters. The Bertz CT molecular complexity index is 1140. The van der Waals surface area contributed by atoms with Gasteiger partial charge in [-0.05, 0) is 54.4 Å². The van der Waals surface area contributed by atoms with Crippen LogP contribution in [0, 0.1) is 6.92 Å². The molecule has 3 aromatic rings. The maximum Gasteiger partial charge on any atom is 0.307 e. The van der Waals surface area contributed by atoms with Gasteiger partial charge in [0.05, 0.1) is 12.0 Å². The number of pyridine rings is 1. The minimum atomic E-state index is -0.827. The molecule has 1 fully saturated rings. The summed E-state index contributed by atoms with van der Waals surface area (Å²) >= 11 is 6.13. The molecular weight excluding hydrogens is 440 g/mol. The molecule has 33 heavy (non-hydrogen) atoms. The van der Waals surface area contributed by atoms with E-state index in [1.807, 2.05) is 49.4 Å². The predicted molar refractivity (Wildman–Crippen MR) is 131 cm³/mol. The number of amides is 1. The van der Waals surface area contributed by atoms with Crippen molar-refractivity contribution in [2.75, 3.05) is 41.3 Å². The molecule has 0 bridgehead atoms. The number of piperazine rings is 1. The third-order valence-electron chi connectivity index (χ3n) is 5.70. The zero-order chi connectivity index (χ0) is 23.4. The van der Waals surface area contributed by atoms with Crippen molar-refractivity contribution in [3.8, 4) is 0 Å². The summed E-state index contributed by atoms with van der Waals surface area (Å²) in [7, 11) is 0. The van der Waals surface area contributed by atoms with E-state index in [9.17, 15) is 9.59 Å². The standard InChI is InChI=1S/C25H25ClN4O3/c1-17-2-6-20(15-22(17)26)28-25(33)19-5-9-23(27-16-19)30-12-10-29(11-13-30)21-7-3-18(4-8-21)14-24(31)32/h2-9,15-16H,10-14H2,1H3,(H,28,33)(H,31,32).